The SMILES string of the molecule is O=C(N[C@H]1CCS(=O)(=O)C1)C(=O)N[C@H]1CCS(=O)(=O)C1. The lowest BCUT2D eigenvalue weighted by Crippen LogP contribution is -2.48. The second-order valence-corrected chi connectivity index (χ2v) is 9.60. The minimum absolute atomic E-state index is 0.000431. The van der Waals surface area contributed by atoms with E-state index < -0.39 is 43.6 Å². The van der Waals surface area contributed by atoms with Crippen molar-refractivity contribution in [2.45, 2.75) is 24.9 Å². The van der Waals surface area contributed by atoms with Gasteiger partial charge < -0.3 is 10.6 Å². The minimum atomic E-state index is -3.13. The standard InChI is InChI=1S/C10H16N2O6S2/c13-9(11-7-1-3-19(15,16)5-7)10(14)12-8-2-4-20(17,18)6-8/h7-8H,1-6H2,(H,11,13)(H,12,14)/t7-,8-/m0/s1. The molecule has 0 aromatic rings. The summed E-state index contributed by atoms with van der Waals surface area (Å²) >= 11 is 0. The lowest BCUT2D eigenvalue weighted by Gasteiger charge is -2.13. The summed E-state index contributed by atoms with van der Waals surface area (Å²) in [6.45, 7) is 0. The summed E-state index contributed by atoms with van der Waals surface area (Å²) in [7, 11) is -6.26. The van der Waals surface area contributed by atoms with Crippen molar-refractivity contribution in [2.24, 2.45) is 0 Å². The molecule has 2 saturated heterocycles. The lowest BCUT2D eigenvalue weighted by molar-refractivity contribution is -0.139. The molecule has 2 aliphatic heterocycles. The first kappa shape index (κ1) is 15.2. The molecule has 2 amide bonds. The predicted molar refractivity (Wildman–Crippen MR) is 70.4 cm³/mol. The van der Waals surface area contributed by atoms with E-state index in [1.807, 2.05) is 0 Å². The van der Waals surface area contributed by atoms with Gasteiger partial charge in [0.15, 0.2) is 19.7 Å². The Labute approximate surface area is 117 Å². The number of rotatable bonds is 2. The van der Waals surface area contributed by atoms with Gasteiger partial charge in [-0.3, -0.25) is 9.59 Å². The molecule has 10 heteroatoms. The first-order valence-corrected chi connectivity index (χ1v) is 9.83. The normalized spacial score (nSPS) is 30.8. The molecule has 0 aromatic heterocycles. The van der Waals surface area contributed by atoms with Crippen LogP contribution in [0.25, 0.3) is 0 Å². The fraction of sp³-hybridized carbons (Fsp3) is 0.800. The highest BCUT2D eigenvalue weighted by molar-refractivity contribution is 7.91. The van der Waals surface area contributed by atoms with Crippen LogP contribution >= 0.6 is 0 Å². The molecular formula is C10H16N2O6S2. The largest absolute Gasteiger partial charge is 0.344 e. The topological polar surface area (TPSA) is 126 Å². The summed E-state index contributed by atoms with van der Waals surface area (Å²) < 4.78 is 44.9. The molecule has 2 rings (SSSR count). The quantitative estimate of drug-likeness (QED) is 0.545. The van der Waals surface area contributed by atoms with Gasteiger partial charge in [0.1, 0.15) is 0 Å². The van der Waals surface area contributed by atoms with Crippen molar-refractivity contribution in [3.8, 4) is 0 Å². The van der Waals surface area contributed by atoms with Crippen molar-refractivity contribution in [3.05, 3.63) is 0 Å². The van der Waals surface area contributed by atoms with Crippen LogP contribution in [0.4, 0.5) is 0 Å². The van der Waals surface area contributed by atoms with E-state index in [0.717, 1.165) is 0 Å². The molecule has 0 saturated carbocycles. The zero-order valence-corrected chi connectivity index (χ0v) is 12.3. The predicted octanol–water partition coefficient (Wildman–Crippen LogP) is -2.41. The Morgan fingerprint density at radius 2 is 1.10 bits per heavy atom. The molecule has 0 radical (unpaired) electrons. The molecule has 0 bridgehead atoms. The first-order chi connectivity index (χ1) is 9.17. The van der Waals surface area contributed by atoms with Gasteiger partial charge in [0.25, 0.3) is 0 Å². The minimum Gasteiger partial charge on any atom is -0.344 e. The van der Waals surface area contributed by atoms with Crippen molar-refractivity contribution >= 4 is 31.5 Å². The third-order valence-corrected chi connectivity index (χ3v) is 6.88. The van der Waals surface area contributed by atoms with Crippen molar-refractivity contribution in [2.75, 3.05) is 23.0 Å². The molecule has 2 N–H and O–H groups in total. The molecule has 20 heavy (non-hydrogen) atoms. The molecule has 2 heterocycles. The Morgan fingerprint density at radius 3 is 1.35 bits per heavy atom. The second kappa shape index (κ2) is 5.32. The maximum Gasteiger partial charge on any atom is 0.309 e. The summed E-state index contributed by atoms with van der Waals surface area (Å²) in [4.78, 5) is 23.2. The first-order valence-electron chi connectivity index (χ1n) is 6.19. The van der Waals surface area contributed by atoms with Crippen molar-refractivity contribution in [1.29, 1.82) is 0 Å². The maximum atomic E-state index is 11.6. The number of nitrogens with one attached hydrogen (secondary N) is 2. The van der Waals surface area contributed by atoms with Crippen LogP contribution in [-0.2, 0) is 29.3 Å². The Balaban J connectivity index is 1.83. The highest BCUT2D eigenvalue weighted by Gasteiger charge is 2.33. The van der Waals surface area contributed by atoms with Gasteiger partial charge >= 0.3 is 11.8 Å². The van der Waals surface area contributed by atoms with E-state index in [1.165, 1.54) is 0 Å². The Hall–Kier alpha value is -1.16. The zero-order valence-electron chi connectivity index (χ0n) is 10.7. The van der Waals surface area contributed by atoms with Crippen molar-refractivity contribution in [3.63, 3.8) is 0 Å². The van der Waals surface area contributed by atoms with Gasteiger partial charge in [-0.25, -0.2) is 16.8 Å². The summed E-state index contributed by atoms with van der Waals surface area (Å²) in [5.74, 6) is -2.16. The Kier molecular flexibility index (Phi) is 4.05. The van der Waals surface area contributed by atoms with E-state index in [0.29, 0.717) is 12.8 Å². The van der Waals surface area contributed by atoms with E-state index in [2.05, 4.69) is 10.6 Å². The smallest absolute Gasteiger partial charge is 0.309 e. The number of hydrogen-bond donors (Lipinski definition) is 2. The highest BCUT2D eigenvalue weighted by Crippen LogP contribution is 2.12. The summed E-state index contributed by atoms with van der Waals surface area (Å²) in [6.07, 6.45) is 0.582. The van der Waals surface area contributed by atoms with Crippen molar-refractivity contribution in [1.82, 2.24) is 10.6 Å². The van der Waals surface area contributed by atoms with Gasteiger partial charge in [-0.2, -0.15) is 0 Å². The van der Waals surface area contributed by atoms with Crippen LogP contribution in [-0.4, -0.2) is 63.7 Å². The van der Waals surface area contributed by atoms with E-state index in [9.17, 15) is 26.4 Å². The third-order valence-electron chi connectivity index (χ3n) is 3.34. The summed E-state index contributed by atoms with van der Waals surface area (Å²) in [5.41, 5.74) is 0. The lowest BCUT2D eigenvalue weighted by atomic mass is 10.2. The van der Waals surface area contributed by atoms with E-state index in [4.69, 9.17) is 0 Å². The molecule has 114 valence electrons. The molecule has 0 unspecified atom stereocenters. The number of carbonyl (C=O) groups excluding carboxylic acids is 2. The zero-order chi connectivity index (χ0) is 15.0. The second-order valence-electron chi connectivity index (χ2n) is 5.15. The third kappa shape index (κ3) is 3.92. The van der Waals surface area contributed by atoms with Crippen LogP contribution in [0.1, 0.15) is 12.8 Å². The van der Waals surface area contributed by atoms with Gasteiger partial charge in [-0.05, 0) is 12.8 Å². The van der Waals surface area contributed by atoms with Crippen LogP contribution in [0.3, 0.4) is 0 Å². The van der Waals surface area contributed by atoms with Crippen LogP contribution in [0.5, 0.6) is 0 Å². The Morgan fingerprint density at radius 1 is 0.750 bits per heavy atom. The molecule has 2 fully saturated rings. The highest BCUT2D eigenvalue weighted by atomic mass is 32.2. The average Bonchev–Trinajstić information content (AvgIpc) is 2.81. The number of amides is 2. The van der Waals surface area contributed by atoms with Crippen LogP contribution in [0, 0.1) is 0 Å². The monoisotopic (exact) mass is 324 g/mol. The van der Waals surface area contributed by atoms with E-state index >= 15 is 0 Å². The van der Waals surface area contributed by atoms with Crippen LogP contribution in [0.15, 0.2) is 0 Å². The fourth-order valence-electron chi connectivity index (χ4n) is 2.32. The van der Waals surface area contributed by atoms with Crippen LogP contribution in [0.2, 0.25) is 0 Å². The number of hydrogen-bond acceptors (Lipinski definition) is 6. The molecule has 0 aliphatic carbocycles. The molecule has 8 nitrogen and oxygen atoms in total. The van der Waals surface area contributed by atoms with Gasteiger partial charge in [-0.1, -0.05) is 0 Å². The molecule has 2 aliphatic rings. The van der Waals surface area contributed by atoms with Gasteiger partial charge in [-0.15, -0.1) is 0 Å². The summed E-state index contributed by atoms with van der Waals surface area (Å²) in [6, 6.07) is -1.10. The van der Waals surface area contributed by atoms with Gasteiger partial charge in [0.05, 0.1) is 23.0 Å². The molecule has 2 atom stereocenters. The van der Waals surface area contributed by atoms with E-state index in [-0.39, 0.29) is 23.0 Å². The molecular weight excluding hydrogens is 308 g/mol. The van der Waals surface area contributed by atoms with Crippen LogP contribution < -0.4 is 10.6 Å². The Bertz CT molecular complexity index is 568. The molecule has 0 spiro atoms. The van der Waals surface area contributed by atoms with E-state index in [1.54, 1.807) is 0 Å². The fourth-order valence-corrected chi connectivity index (χ4v) is 5.67. The maximum absolute atomic E-state index is 11.6. The number of carbonyl (C=O) groups is 2. The van der Waals surface area contributed by atoms with Gasteiger partial charge in [0.2, 0.25) is 0 Å². The average molecular weight is 324 g/mol. The summed E-state index contributed by atoms with van der Waals surface area (Å²) in [5, 5.41) is 4.70. The van der Waals surface area contributed by atoms with Gasteiger partial charge in [0, 0.05) is 12.1 Å². The van der Waals surface area contributed by atoms with Crippen molar-refractivity contribution < 1.29 is 26.4 Å². The molecule has 0 aromatic carbocycles. The number of sulfone groups is 2.